The normalized spacial score (nSPS) is 21.5. The van der Waals surface area contributed by atoms with Gasteiger partial charge in [0.1, 0.15) is 12.4 Å². The maximum absolute atomic E-state index is 12.3. The van der Waals surface area contributed by atoms with Gasteiger partial charge in [-0.3, -0.25) is 4.79 Å². The molecule has 4 aromatic carbocycles. The van der Waals surface area contributed by atoms with E-state index in [0.717, 1.165) is 25.0 Å². The van der Waals surface area contributed by atoms with Gasteiger partial charge in [0.25, 0.3) is 0 Å². The third kappa shape index (κ3) is 3.89. The predicted octanol–water partition coefficient (Wildman–Crippen LogP) is 6.91. The second-order valence-corrected chi connectivity index (χ2v) is 10.3. The lowest BCUT2D eigenvalue weighted by molar-refractivity contribution is -0.138. The second-order valence-electron chi connectivity index (χ2n) is 10.3. The van der Waals surface area contributed by atoms with E-state index in [1.54, 1.807) is 0 Å². The molecule has 0 N–H and O–H groups in total. The first-order valence-electron chi connectivity index (χ1n) is 12.6. The SMILES string of the molecule is CN1C(=O)CC[C@]2(C)c3ccc(-c4ccc5cc(OCc6ccccc6)ccc5c4)cc3CCC12. The Morgan fingerprint density at radius 1 is 0.886 bits per heavy atom. The molecule has 1 saturated heterocycles. The van der Waals surface area contributed by atoms with Crippen LogP contribution in [0.4, 0.5) is 0 Å². The van der Waals surface area contributed by atoms with Crippen LogP contribution in [0.25, 0.3) is 21.9 Å². The molecule has 0 bridgehead atoms. The summed E-state index contributed by atoms with van der Waals surface area (Å²) in [6.45, 7) is 2.93. The molecule has 4 aromatic rings. The number of piperidine rings is 1. The maximum atomic E-state index is 12.3. The van der Waals surface area contributed by atoms with Crippen molar-refractivity contribution in [2.45, 2.75) is 50.7 Å². The number of amides is 1. The molecule has 2 aliphatic rings. The van der Waals surface area contributed by atoms with Crippen LogP contribution in [0, 0.1) is 0 Å². The van der Waals surface area contributed by atoms with E-state index >= 15 is 0 Å². The summed E-state index contributed by atoms with van der Waals surface area (Å²) in [5, 5.41) is 2.40. The summed E-state index contributed by atoms with van der Waals surface area (Å²) in [6, 6.07) is 30.5. The molecule has 1 unspecified atom stereocenters. The largest absolute Gasteiger partial charge is 0.489 e. The van der Waals surface area contributed by atoms with Gasteiger partial charge >= 0.3 is 0 Å². The number of rotatable bonds is 4. The third-order valence-electron chi connectivity index (χ3n) is 8.26. The molecule has 0 spiro atoms. The summed E-state index contributed by atoms with van der Waals surface area (Å²) < 4.78 is 6.02. The van der Waals surface area contributed by atoms with E-state index < -0.39 is 0 Å². The highest BCUT2D eigenvalue weighted by molar-refractivity contribution is 5.88. The lowest BCUT2D eigenvalue weighted by atomic mass is 9.63. The molecule has 1 fully saturated rings. The second kappa shape index (κ2) is 8.57. The Labute approximate surface area is 207 Å². The van der Waals surface area contributed by atoms with E-state index in [1.165, 1.54) is 38.6 Å². The molecule has 1 aliphatic carbocycles. The van der Waals surface area contributed by atoms with Crippen molar-refractivity contribution in [3.05, 3.63) is 102 Å². The molecular weight excluding hydrogens is 430 g/mol. The van der Waals surface area contributed by atoms with Crippen LogP contribution in [0.1, 0.15) is 42.9 Å². The molecule has 1 aliphatic heterocycles. The van der Waals surface area contributed by atoms with Gasteiger partial charge in [-0.2, -0.15) is 0 Å². The van der Waals surface area contributed by atoms with Gasteiger partial charge in [0.2, 0.25) is 5.91 Å². The van der Waals surface area contributed by atoms with Gasteiger partial charge < -0.3 is 9.64 Å². The van der Waals surface area contributed by atoms with Gasteiger partial charge in [-0.15, -0.1) is 0 Å². The first-order chi connectivity index (χ1) is 17.0. The molecule has 3 nitrogen and oxygen atoms in total. The average molecular weight is 462 g/mol. The number of fused-ring (bicyclic) bond motifs is 4. The van der Waals surface area contributed by atoms with Crippen molar-refractivity contribution in [2.75, 3.05) is 7.05 Å². The molecule has 176 valence electrons. The van der Waals surface area contributed by atoms with Crippen molar-refractivity contribution >= 4 is 16.7 Å². The van der Waals surface area contributed by atoms with Gasteiger partial charge in [-0.25, -0.2) is 0 Å². The summed E-state index contributed by atoms with van der Waals surface area (Å²) in [6.07, 6.45) is 3.65. The zero-order valence-corrected chi connectivity index (χ0v) is 20.5. The van der Waals surface area contributed by atoms with Crippen LogP contribution in [0.3, 0.4) is 0 Å². The predicted molar refractivity (Wildman–Crippen MR) is 142 cm³/mol. The molecule has 2 atom stereocenters. The Kier molecular flexibility index (Phi) is 5.36. The minimum absolute atomic E-state index is 0.0499. The smallest absolute Gasteiger partial charge is 0.222 e. The van der Waals surface area contributed by atoms with E-state index in [1.807, 2.05) is 30.1 Å². The minimum atomic E-state index is 0.0499. The van der Waals surface area contributed by atoms with Crippen molar-refractivity contribution in [1.82, 2.24) is 4.90 Å². The van der Waals surface area contributed by atoms with Crippen LogP contribution in [-0.2, 0) is 23.2 Å². The van der Waals surface area contributed by atoms with E-state index in [4.69, 9.17) is 4.74 Å². The molecule has 1 amide bonds. The van der Waals surface area contributed by atoms with Crippen molar-refractivity contribution in [2.24, 2.45) is 0 Å². The highest BCUT2D eigenvalue weighted by Crippen LogP contribution is 2.46. The number of hydrogen-bond acceptors (Lipinski definition) is 2. The van der Waals surface area contributed by atoms with Crippen LogP contribution in [0.5, 0.6) is 5.75 Å². The molecule has 0 saturated carbocycles. The monoisotopic (exact) mass is 461 g/mol. The zero-order valence-electron chi connectivity index (χ0n) is 20.5. The average Bonchev–Trinajstić information content (AvgIpc) is 2.90. The maximum Gasteiger partial charge on any atom is 0.222 e. The van der Waals surface area contributed by atoms with Crippen LogP contribution in [-0.4, -0.2) is 23.9 Å². The highest BCUT2D eigenvalue weighted by Gasteiger charge is 2.46. The summed E-state index contributed by atoms with van der Waals surface area (Å²) >= 11 is 0. The third-order valence-corrected chi connectivity index (χ3v) is 8.26. The first kappa shape index (κ1) is 21.9. The molecule has 3 heteroatoms. The van der Waals surface area contributed by atoms with Crippen LogP contribution in [0.2, 0.25) is 0 Å². The Balaban J connectivity index is 1.26. The van der Waals surface area contributed by atoms with Crippen molar-refractivity contribution in [1.29, 1.82) is 0 Å². The lowest BCUT2D eigenvalue weighted by Gasteiger charge is -2.50. The Hall–Kier alpha value is -3.59. The fraction of sp³-hybridized carbons (Fsp3) is 0.281. The Morgan fingerprint density at radius 3 is 2.49 bits per heavy atom. The molecule has 1 heterocycles. The van der Waals surface area contributed by atoms with Gasteiger partial charge in [0, 0.05) is 24.9 Å². The van der Waals surface area contributed by atoms with Gasteiger partial charge in [-0.1, -0.05) is 73.7 Å². The number of carbonyl (C=O) groups is 1. The van der Waals surface area contributed by atoms with Crippen LogP contribution in [0.15, 0.2) is 84.9 Å². The standard InChI is InChI=1S/C32H31NO2/c1-32-17-16-31(34)33(2)30(32)15-12-27-19-25(11-14-29(27)32)23-8-9-26-20-28(13-10-24(26)18-23)35-21-22-6-4-3-5-7-22/h3-11,13-14,18-20,30H,12,15-17,21H2,1-2H3/t30?,32-/m1/s1. The van der Waals surface area contributed by atoms with E-state index in [-0.39, 0.29) is 11.3 Å². The summed E-state index contributed by atoms with van der Waals surface area (Å²) in [5.41, 5.74) is 6.58. The summed E-state index contributed by atoms with van der Waals surface area (Å²) in [5.74, 6) is 1.18. The minimum Gasteiger partial charge on any atom is -0.489 e. The number of benzene rings is 4. The topological polar surface area (TPSA) is 29.5 Å². The number of ether oxygens (including phenoxy) is 1. The molecule has 0 radical (unpaired) electrons. The Morgan fingerprint density at radius 2 is 1.63 bits per heavy atom. The van der Waals surface area contributed by atoms with E-state index in [9.17, 15) is 4.79 Å². The van der Waals surface area contributed by atoms with E-state index in [2.05, 4.69) is 73.7 Å². The number of carbonyl (C=O) groups excluding carboxylic acids is 1. The van der Waals surface area contributed by atoms with Gasteiger partial charge in [-0.05, 0) is 76.1 Å². The lowest BCUT2D eigenvalue weighted by Crippen LogP contribution is -2.56. The van der Waals surface area contributed by atoms with Gasteiger partial charge in [0.15, 0.2) is 0 Å². The fourth-order valence-electron chi connectivity index (χ4n) is 6.20. The molecule has 6 rings (SSSR count). The van der Waals surface area contributed by atoms with Crippen molar-refractivity contribution in [3.8, 4) is 16.9 Å². The van der Waals surface area contributed by atoms with Crippen LogP contribution < -0.4 is 4.74 Å². The van der Waals surface area contributed by atoms with Crippen molar-refractivity contribution < 1.29 is 9.53 Å². The molecular formula is C32H31NO2. The first-order valence-corrected chi connectivity index (χ1v) is 12.6. The van der Waals surface area contributed by atoms with Crippen molar-refractivity contribution in [3.63, 3.8) is 0 Å². The van der Waals surface area contributed by atoms with Gasteiger partial charge in [0.05, 0.1) is 0 Å². The zero-order chi connectivity index (χ0) is 24.0. The number of nitrogens with zero attached hydrogens (tertiary/aromatic N) is 1. The number of hydrogen-bond donors (Lipinski definition) is 0. The summed E-state index contributed by atoms with van der Waals surface area (Å²) in [4.78, 5) is 14.3. The number of likely N-dealkylation sites (N-methyl/N-ethyl adjacent to an activating group) is 1. The highest BCUT2D eigenvalue weighted by atomic mass is 16.5. The fourth-order valence-corrected chi connectivity index (χ4v) is 6.20. The quantitative estimate of drug-likeness (QED) is 0.330. The Bertz CT molecular complexity index is 1410. The van der Waals surface area contributed by atoms with E-state index in [0.29, 0.717) is 19.1 Å². The molecule has 0 aromatic heterocycles. The molecule has 35 heavy (non-hydrogen) atoms. The summed E-state index contributed by atoms with van der Waals surface area (Å²) in [7, 11) is 1.98. The number of likely N-dealkylation sites (tertiary alicyclic amines) is 1. The number of aryl methyl sites for hydroxylation is 1. The van der Waals surface area contributed by atoms with Crippen LogP contribution >= 0.6 is 0 Å².